The van der Waals surface area contributed by atoms with Crippen molar-refractivity contribution in [3.63, 3.8) is 0 Å². The summed E-state index contributed by atoms with van der Waals surface area (Å²) < 4.78 is 10.5. The Morgan fingerprint density at radius 2 is 1.85 bits per heavy atom. The highest BCUT2D eigenvalue weighted by Crippen LogP contribution is 2.30. The van der Waals surface area contributed by atoms with Gasteiger partial charge in [0.25, 0.3) is 5.91 Å². The Kier molecular flexibility index (Phi) is 6.29. The Bertz CT molecular complexity index is 661. The highest BCUT2D eigenvalue weighted by atomic mass is 32.2. The van der Waals surface area contributed by atoms with E-state index < -0.39 is 6.04 Å². The first-order chi connectivity index (χ1) is 12.6. The van der Waals surface area contributed by atoms with E-state index in [9.17, 15) is 9.59 Å². The molecule has 0 bridgehead atoms. The molecule has 1 saturated heterocycles. The lowest BCUT2D eigenvalue weighted by atomic mass is 9.95. The van der Waals surface area contributed by atoms with Crippen LogP contribution >= 0.6 is 11.8 Å². The van der Waals surface area contributed by atoms with Gasteiger partial charge in [-0.1, -0.05) is 19.3 Å². The van der Waals surface area contributed by atoms with Gasteiger partial charge in [-0.05, 0) is 31.0 Å². The summed E-state index contributed by atoms with van der Waals surface area (Å²) in [6, 6.07) is 4.93. The van der Waals surface area contributed by atoms with Crippen LogP contribution in [0, 0.1) is 0 Å². The van der Waals surface area contributed by atoms with Crippen LogP contribution in [0.3, 0.4) is 0 Å². The SMILES string of the molecule is COc1ccc(C(=O)N2CSCC2C(=O)NC2CCCCC2)cc1OC. The average molecular weight is 378 g/mol. The van der Waals surface area contributed by atoms with Crippen molar-refractivity contribution in [1.29, 1.82) is 0 Å². The molecule has 2 fully saturated rings. The van der Waals surface area contributed by atoms with Gasteiger partial charge in [0.05, 0.1) is 20.1 Å². The molecule has 0 spiro atoms. The zero-order valence-electron chi connectivity index (χ0n) is 15.3. The molecule has 1 saturated carbocycles. The zero-order valence-corrected chi connectivity index (χ0v) is 16.1. The summed E-state index contributed by atoms with van der Waals surface area (Å²) in [4.78, 5) is 27.3. The van der Waals surface area contributed by atoms with Gasteiger partial charge in [-0.2, -0.15) is 0 Å². The van der Waals surface area contributed by atoms with Crippen LogP contribution in [0.25, 0.3) is 0 Å². The van der Waals surface area contributed by atoms with Gasteiger partial charge in [0, 0.05) is 17.4 Å². The number of nitrogens with one attached hydrogen (secondary N) is 1. The van der Waals surface area contributed by atoms with Crippen molar-refractivity contribution in [1.82, 2.24) is 10.2 Å². The molecule has 1 aliphatic carbocycles. The van der Waals surface area contributed by atoms with Crippen molar-refractivity contribution in [2.75, 3.05) is 25.8 Å². The Morgan fingerprint density at radius 1 is 1.12 bits per heavy atom. The Labute approximate surface area is 158 Å². The molecular formula is C19H26N2O4S. The predicted molar refractivity (Wildman–Crippen MR) is 102 cm³/mol. The van der Waals surface area contributed by atoms with Gasteiger partial charge in [-0.3, -0.25) is 9.59 Å². The second-order valence-electron chi connectivity index (χ2n) is 6.70. The molecule has 142 valence electrons. The molecule has 2 amide bonds. The van der Waals surface area contributed by atoms with Crippen LogP contribution in [0.2, 0.25) is 0 Å². The monoisotopic (exact) mass is 378 g/mol. The van der Waals surface area contributed by atoms with Crippen LogP contribution < -0.4 is 14.8 Å². The summed E-state index contributed by atoms with van der Waals surface area (Å²) in [7, 11) is 3.10. The first kappa shape index (κ1) is 18.9. The number of carbonyl (C=O) groups excluding carboxylic acids is 2. The van der Waals surface area contributed by atoms with E-state index in [1.54, 1.807) is 42.0 Å². The number of nitrogens with zero attached hydrogens (tertiary/aromatic N) is 1. The molecule has 26 heavy (non-hydrogen) atoms. The third-order valence-electron chi connectivity index (χ3n) is 5.03. The maximum Gasteiger partial charge on any atom is 0.255 e. The standard InChI is InChI=1S/C19H26N2O4S/c1-24-16-9-8-13(10-17(16)25-2)19(23)21-12-26-11-15(21)18(22)20-14-6-4-3-5-7-14/h8-10,14-15H,3-7,11-12H2,1-2H3,(H,20,22). The molecule has 1 unspecified atom stereocenters. The Balaban J connectivity index is 1.70. The molecule has 1 aliphatic heterocycles. The van der Waals surface area contributed by atoms with Gasteiger partial charge in [0.1, 0.15) is 6.04 Å². The van der Waals surface area contributed by atoms with Crippen molar-refractivity contribution >= 4 is 23.6 Å². The summed E-state index contributed by atoms with van der Waals surface area (Å²) in [6.07, 6.45) is 5.65. The van der Waals surface area contributed by atoms with Gasteiger partial charge in [0.2, 0.25) is 5.91 Å². The molecule has 7 heteroatoms. The Morgan fingerprint density at radius 3 is 2.54 bits per heavy atom. The van der Waals surface area contributed by atoms with E-state index in [4.69, 9.17) is 9.47 Å². The summed E-state index contributed by atoms with van der Waals surface area (Å²) in [5, 5.41) is 3.15. The van der Waals surface area contributed by atoms with Gasteiger partial charge >= 0.3 is 0 Å². The number of amides is 2. The number of hydrogen-bond donors (Lipinski definition) is 1. The highest BCUT2D eigenvalue weighted by molar-refractivity contribution is 7.99. The van der Waals surface area contributed by atoms with Gasteiger partial charge in [-0.25, -0.2) is 0 Å². The fourth-order valence-corrected chi connectivity index (χ4v) is 4.69. The molecule has 0 aromatic heterocycles. The van der Waals surface area contributed by atoms with Gasteiger partial charge in [-0.15, -0.1) is 11.8 Å². The van der Waals surface area contributed by atoms with Gasteiger partial charge < -0.3 is 19.7 Å². The maximum absolute atomic E-state index is 13.0. The quantitative estimate of drug-likeness (QED) is 0.853. The smallest absolute Gasteiger partial charge is 0.255 e. The number of carbonyl (C=O) groups is 2. The summed E-state index contributed by atoms with van der Waals surface area (Å²) in [5.74, 6) is 2.06. The van der Waals surface area contributed by atoms with E-state index in [0.717, 1.165) is 12.8 Å². The lowest BCUT2D eigenvalue weighted by Gasteiger charge is -2.28. The van der Waals surface area contributed by atoms with Crippen LogP contribution in [0.1, 0.15) is 42.5 Å². The number of benzene rings is 1. The fourth-order valence-electron chi connectivity index (χ4n) is 3.54. The van der Waals surface area contributed by atoms with Crippen LogP contribution in [0.15, 0.2) is 18.2 Å². The fraction of sp³-hybridized carbons (Fsp3) is 0.579. The highest BCUT2D eigenvalue weighted by Gasteiger charge is 2.36. The van der Waals surface area contributed by atoms with Crippen molar-refractivity contribution in [2.45, 2.75) is 44.2 Å². The molecule has 3 rings (SSSR count). The van der Waals surface area contributed by atoms with E-state index in [1.807, 2.05) is 0 Å². The van der Waals surface area contributed by atoms with Crippen molar-refractivity contribution in [3.05, 3.63) is 23.8 Å². The topological polar surface area (TPSA) is 67.9 Å². The Hall–Kier alpha value is -1.89. The first-order valence-electron chi connectivity index (χ1n) is 9.05. The average Bonchev–Trinajstić information content (AvgIpc) is 3.17. The second-order valence-corrected chi connectivity index (χ2v) is 7.70. The zero-order chi connectivity index (χ0) is 18.5. The van der Waals surface area contributed by atoms with Crippen molar-refractivity contribution < 1.29 is 19.1 Å². The van der Waals surface area contributed by atoms with Crippen LogP contribution in [-0.4, -0.2) is 54.6 Å². The normalized spacial score (nSPS) is 20.7. The van der Waals surface area contributed by atoms with E-state index >= 15 is 0 Å². The number of hydrogen-bond acceptors (Lipinski definition) is 5. The number of thioether (sulfide) groups is 1. The summed E-state index contributed by atoms with van der Waals surface area (Å²) in [6.45, 7) is 0. The second kappa shape index (κ2) is 8.66. The van der Waals surface area contributed by atoms with Crippen molar-refractivity contribution in [3.8, 4) is 11.5 Å². The molecular weight excluding hydrogens is 352 g/mol. The van der Waals surface area contributed by atoms with E-state index in [2.05, 4.69) is 5.32 Å². The molecule has 1 heterocycles. The maximum atomic E-state index is 13.0. The molecule has 6 nitrogen and oxygen atoms in total. The molecule has 1 aromatic rings. The minimum Gasteiger partial charge on any atom is -0.493 e. The lowest BCUT2D eigenvalue weighted by molar-refractivity contribution is -0.125. The molecule has 2 aliphatic rings. The number of methoxy groups -OCH3 is 2. The summed E-state index contributed by atoms with van der Waals surface area (Å²) >= 11 is 1.61. The minimum absolute atomic E-state index is 0.0317. The van der Waals surface area contributed by atoms with Crippen LogP contribution in [0.5, 0.6) is 11.5 Å². The lowest BCUT2D eigenvalue weighted by Crippen LogP contribution is -2.50. The predicted octanol–water partition coefficient (Wildman–Crippen LogP) is 2.67. The summed E-state index contributed by atoms with van der Waals surface area (Å²) in [5.41, 5.74) is 0.501. The molecule has 0 radical (unpaired) electrons. The number of ether oxygens (including phenoxy) is 2. The van der Waals surface area contributed by atoms with E-state index in [1.165, 1.54) is 26.4 Å². The third kappa shape index (κ3) is 4.09. The van der Waals surface area contributed by atoms with Gasteiger partial charge in [0.15, 0.2) is 11.5 Å². The largest absolute Gasteiger partial charge is 0.493 e. The van der Waals surface area contributed by atoms with Crippen LogP contribution in [0.4, 0.5) is 0 Å². The van der Waals surface area contributed by atoms with Crippen molar-refractivity contribution in [2.24, 2.45) is 0 Å². The molecule has 1 aromatic carbocycles. The van der Waals surface area contributed by atoms with Crippen LogP contribution in [-0.2, 0) is 4.79 Å². The minimum atomic E-state index is -0.414. The molecule has 1 atom stereocenters. The number of rotatable bonds is 5. The first-order valence-corrected chi connectivity index (χ1v) is 10.2. The van der Waals surface area contributed by atoms with E-state index in [0.29, 0.717) is 28.7 Å². The molecule has 1 N–H and O–H groups in total. The van der Waals surface area contributed by atoms with E-state index in [-0.39, 0.29) is 17.9 Å². The third-order valence-corrected chi connectivity index (χ3v) is 6.04.